The number of fused-ring (bicyclic) bond motifs is 3. The van der Waals surface area contributed by atoms with Crippen LogP contribution in [0, 0.1) is 6.92 Å². The second kappa shape index (κ2) is 13.7. The summed E-state index contributed by atoms with van der Waals surface area (Å²) >= 11 is 0. The summed E-state index contributed by atoms with van der Waals surface area (Å²) in [5.74, 6) is -0.0107. The van der Waals surface area contributed by atoms with Gasteiger partial charge in [-0.25, -0.2) is 4.79 Å². The molecule has 1 fully saturated rings. The number of benzene rings is 2. The van der Waals surface area contributed by atoms with Crippen molar-refractivity contribution in [3.8, 4) is 5.75 Å². The lowest BCUT2D eigenvalue weighted by Crippen LogP contribution is -2.43. The number of piperidine rings is 1. The molecule has 7 nitrogen and oxygen atoms in total. The molecule has 2 aliphatic heterocycles. The first-order chi connectivity index (χ1) is 19.6. The standard InChI is InChI=1S/C33H44N2O5/c1-3-38-26-16-18-35(28(22-26)24-11-13-25(14-12-24)33(36)37)32-30-27-15-17-34-31(27)23(2)21-29(30)39-19-9-7-5-4-6-8-10-20-40-32/h11-15,17,21,26,28,32,34H,3-10,16,18-20,22H2,1-2H3,(H,36,37)/t26-,28-,32?/m0/s1. The molecule has 3 atom stereocenters. The zero-order valence-electron chi connectivity index (χ0n) is 24.0. The topological polar surface area (TPSA) is 84.0 Å². The Bertz CT molecular complexity index is 1250. The van der Waals surface area contributed by atoms with Crippen molar-refractivity contribution in [3.05, 3.63) is 64.8 Å². The molecule has 0 bridgehead atoms. The van der Waals surface area contributed by atoms with E-state index in [1.807, 2.05) is 25.3 Å². The zero-order chi connectivity index (χ0) is 27.9. The molecule has 0 amide bonds. The number of hydrogen-bond acceptors (Lipinski definition) is 5. The van der Waals surface area contributed by atoms with Crippen molar-refractivity contribution in [1.29, 1.82) is 0 Å². The van der Waals surface area contributed by atoms with Gasteiger partial charge >= 0.3 is 5.97 Å². The largest absolute Gasteiger partial charge is 0.493 e. The van der Waals surface area contributed by atoms with Crippen LogP contribution in [0.4, 0.5) is 0 Å². The van der Waals surface area contributed by atoms with Crippen LogP contribution in [-0.4, -0.2) is 53.4 Å². The van der Waals surface area contributed by atoms with Gasteiger partial charge in [-0.05, 0) is 74.9 Å². The number of nitrogens with zero attached hydrogens (tertiary/aromatic N) is 1. The lowest BCUT2D eigenvalue weighted by atomic mass is 9.91. The Morgan fingerprint density at radius 1 is 1.05 bits per heavy atom. The Morgan fingerprint density at radius 3 is 2.50 bits per heavy atom. The van der Waals surface area contributed by atoms with Crippen LogP contribution in [-0.2, 0) is 9.47 Å². The maximum atomic E-state index is 11.6. The first kappa shape index (κ1) is 28.7. The number of aromatic nitrogens is 1. The van der Waals surface area contributed by atoms with E-state index < -0.39 is 5.97 Å². The fourth-order valence-corrected chi connectivity index (χ4v) is 6.38. The molecule has 40 heavy (non-hydrogen) atoms. The summed E-state index contributed by atoms with van der Waals surface area (Å²) in [6.45, 7) is 7.03. The summed E-state index contributed by atoms with van der Waals surface area (Å²) in [7, 11) is 0. The summed E-state index contributed by atoms with van der Waals surface area (Å²) in [5.41, 5.74) is 4.74. The van der Waals surface area contributed by atoms with Crippen LogP contribution in [0.5, 0.6) is 5.75 Å². The molecule has 0 radical (unpaired) electrons. The molecule has 216 valence electrons. The number of rotatable bonds is 5. The molecule has 0 aliphatic carbocycles. The fourth-order valence-electron chi connectivity index (χ4n) is 6.38. The number of aryl methyl sites for hydroxylation is 1. The van der Waals surface area contributed by atoms with Crippen molar-refractivity contribution in [1.82, 2.24) is 9.88 Å². The molecule has 3 aromatic rings. The normalized spacial score (nSPS) is 23.7. The predicted octanol–water partition coefficient (Wildman–Crippen LogP) is 7.56. The number of hydrogen-bond donors (Lipinski definition) is 2. The third kappa shape index (κ3) is 6.54. The van der Waals surface area contributed by atoms with Gasteiger partial charge in [0.15, 0.2) is 0 Å². The number of carboxylic acids is 1. The number of nitrogens with one attached hydrogen (secondary N) is 1. The highest BCUT2D eigenvalue weighted by atomic mass is 16.5. The summed E-state index contributed by atoms with van der Waals surface area (Å²) in [4.78, 5) is 17.5. The smallest absolute Gasteiger partial charge is 0.335 e. The Kier molecular flexibility index (Phi) is 9.79. The van der Waals surface area contributed by atoms with Gasteiger partial charge in [0.1, 0.15) is 12.0 Å². The lowest BCUT2D eigenvalue weighted by molar-refractivity contribution is -0.117. The van der Waals surface area contributed by atoms with E-state index in [4.69, 9.17) is 14.2 Å². The highest BCUT2D eigenvalue weighted by molar-refractivity contribution is 5.88. The molecular formula is C33H44N2O5. The minimum Gasteiger partial charge on any atom is -0.493 e. The average Bonchev–Trinajstić information content (AvgIpc) is 3.45. The van der Waals surface area contributed by atoms with Crippen molar-refractivity contribution in [2.45, 2.75) is 90.0 Å². The Morgan fingerprint density at radius 2 is 1.77 bits per heavy atom. The summed E-state index contributed by atoms with van der Waals surface area (Å²) in [6.07, 6.45) is 11.8. The number of carbonyl (C=O) groups is 1. The van der Waals surface area contributed by atoms with Gasteiger partial charge < -0.3 is 24.3 Å². The number of H-pyrrole nitrogens is 1. The number of likely N-dealkylation sites (tertiary alicyclic amines) is 1. The van der Waals surface area contributed by atoms with E-state index in [9.17, 15) is 9.90 Å². The first-order valence-corrected chi connectivity index (χ1v) is 15.1. The van der Waals surface area contributed by atoms with Crippen LogP contribution < -0.4 is 4.74 Å². The van der Waals surface area contributed by atoms with Gasteiger partial charge in [0.2, 0.25) is 0 Å². The van der Waals surface area contributed by atoms with E-state index in [0.29, 0.717) is 25.4 Å². The van der Waals surface area contributed by atoms with Crippen LogP contribution in [0.25, 0.3) is 10.9 Å². The third-order valence-electron chi connectivity index (χ3n) is 8.46. The Labute approximate surface area is 237 Å². The minimum atomic E-state index is -0.912. The predicted molar refractivity (Wildman–Crippen MR) is 157 cm³/mol. The van der Waals surface area contributed by atoms with Crippen molar-refractivity contribution < 1.29 is 24.1 Å². The van der Waals surface area contributed by atoms with E-state index in [1.165, 1.54) is 32.1 Å². The molecule has 1 aromatic heterocycles. The van der Waals surface area contributed by atoms with Crippen LogP contribution in [0.1, 0.15) is 104 Å². The van der Waals surface area contributed by atoms with Gasteiger partial charge in [-0.1, -0.05) is 44.2 Å². The molecule has 5 rings (SSSR count). The molecule has 7 heteroatoms. The molecule has 2 aliphatic rings. The number of aromatic amines is 1. The number of aromatic carboxylic acids is 1. The zero-order valence-corrected chi connectivity index (χ0v) is 24.0. The molecular weight excluding hydrogens is 504 g/mol. The van der Waals surface area contributed by atoms with E-state index >= 15 is 0 Å². The molecule has 3 heterocycles. The number of ether oxygens (including phenoxy) is 3. The van der Waals surface area contributed by atoms with Gasteiger partial charge in [-0.3, -0.25) is 4.90 Å². The molecule has 0 spiro atoms. The fraction of sp³-hybridized carbons (Fsp3) is 0.545. The second-order valence-electron chi connectivity index (χ2n) is 11.2. The molecule has 0 saturated carbocycles. The van der Waals surface area contributed by atoms with Crippen LogP contribution in [0.2, 0.25) is 0 Å². The van der Waals surface area contributed by atoms with Crippen molar-refractivity contribution in [2.24, 2.45) is 0 Å². The van der Waals surface area contributed by atoms with E-state index in [-0.39, 0.29) is 18.4 Å². The SMILES string of the molecule is CCO[C@H]1CCN(C2OCCCCCCCCCOc3cc(C)c4[nH]ccc4c32)[C@H](c2ccc(C(=O)O)cc2)C1. The second-order valence-corrected chi connectivity index (χ2v) is 11.2. The maximum absolute atomic E-state index is 11.6. The summed E-state index contributed by atoms with van der Waals surface area (Å²) in [5, 5.41) is 10.6. The van der Waals surface area contributed by atoms with Gasteiger partial charge in [0, 0.05) is 48.5 Å². The number of carboxylic acid groups (broad SMARTS) is 1. The van der Waals surface area contributed by atoms with E-state index in [2.05, 4.69) is 28.9 Å². The molecule has 2 aromatic carbocycles. The molecule has 1 unspecified atom stereocenters. The highest BCUT2D eigenvalue weighted by Crippen LogP contribution is 2.45. The molecule has 2 N–H and O–H groups in total. The summed E-state index contributed by atoms with van der Waals surface area (Å²) < 4.78 is 19.5. The maximum Gasteiger partial charge on any atom is 0.335 e. The van der Waals surface area contributed by atoms with Crippen LogP contribution in [0.3, 0.4) is 0 Å². The Hall–Kier alpha value is -2.87. The average molecular weight is 549 g/mol. The van der Waals surface area contributed by atoms with Gasteiger partial charge in [0.25, 0.3) is 0 Å². The van der Waals surface area contributed by atoms with Crippen molar-refractivity contribution >= 4 is 16.9 Å². The van der Waals surface area contributed by atoms with Gasteiger partial charge in [0.05, 0.1) is 18.3 Å². The lowest BCUT2D eigenvalue weighted by Gasteiger charge is -2.44. The van der Waals surface area contributed by atoms with Gasteiger partial charge in [-0.2, -0.15) is 0 Å². The molecule has 1 saturated heterocycles. The van der Waals surface area contributed by atoms with Crippen molar-refractivity contribution in [3.63, 3.8) is 0 Å². The third-order valence-corrected chi connectivity index (χ3v) is 8.46. The summed E-state index contributed by atoms with van der Waals surface area (Å²) in [6, 6.07) is 11.7. The Balaban J connectivity index is 1.58. The quantitative estimate of drug-likeness (QED) is 0.342. The van der Waals surface area contributed by atoms with E-state index in [1.54, 1.807) is 12.1 Å². The van der Waals surface area contributed by atoms with Crippen molar-refractivity contribution in [2.75, 3.05) is 26.4 Å². The van der Waals surface area contributed by atoms with Crippen LogP contribution in [0.15, 0.2) is 42.6 Å². The van der Waals surface area contributed by atoms with Crippen LogP contribution >= 0.6 is 0 Å². The first-order valence-electron chi connectivity index (χ1n) is 15.1. The van der Waals surface area contributed by atoms with E-state index in [0.717, 1.165) is 65.6 Å². The highest BCUT2D eigenvalue weighted by Gasteiger charge is 2.38. The van der Waals surface area contributed by atoms with Gasteiger partial charge in [-0.15, -0.1) is 0 Å². The monoisotopic (exact) mass is 548 g/mol. The minimum absolute atomic E-state index is 0.0140.